The molecule has 2 rings (SSSR count). The highest BCUT2D eigenvalue weighted by Gasteiger charge is 2.28. The van der Waals surface area contributed by atoms with Crippen molar-refractivity contribution in [3.8, 4) is 5.75 Å². The van der Waals surface area contributed by atoms with Gasteiger partial charge in [0.25, 0.3) is 0 Å². The van der Waals surface area contributed by atoms with Crippen LogP contribution >= 0.6 is 0 Å². The van der Waals surface area contributed by atoms with E-state index in [1.807, 2.05) is 0 Å². The third kappa shape index (κ3) is 4.53. The first-order chi connectivity index (χ1) is 9.03. The molecule has 0 aliphatic heterocycles. The number of ether oxygens (including phenoxy) is 1. The summed E-state index contributed by atoms with van der Waals surface area (Å²) >= 11 is 0. The van der Waals surface area contributed by atoms with Gasteiger partial charge in [-0.05, 0) is 24.3 Å². The van der Waals surface area contributed by atoms with Gasteiger partial charge < -0.3 is 14.5 Å². The molecule has 0 unspecified atom stereocenters. The van der Waals surface area contributed by atoms with Crippen molar-refractivity contribution in [2.45, 2.75) is 12.7 Å². The molecular formula is C12H11F3N2O2. The lowest BCUT2D eigenvalue weighted by Crippen LogP contribution is -2.19. The molecule has 0 aliphatic rings. The number of hydrogen-bond donors (Lipinski definition) is 1. The molecule has 2 aromatic rings. The summed E-state index contributed by atoms with van der Waals surface area (Å²) in [7, 11) is 0. The van der Waals surface area contributed by atoms with E-state index in [1.54, 1.807) is 18.3 Å². The monoisotopic (exact) mass is 272 g/mol. The van der Waals surface area contributed by atoms with Crippen LogP contribution in [0.4, 0.5) is 18.9 Å². The van der Waals surface area contributed by atoms with Crippen LogP contribution in [0.3, 0.4) is 0 Å². The summed E-state index contributed by atoms with van der Waals surface area (Å²) in [5.41, 5.74) is 0.746. The normalized spacial score (nSPS) is 11.3. The van der Waals surface area contributed by atoms with E-state index in [0.29, 0.717) is 12.3 Å². The van der Waals surface area contributed by atoms with E-state index in [2.05, 4.69) is 15.0 Å². The first-order valence-electron chi connectivity index (χ1n) is 5.44. The van der Waals surface area contributed by atoms with Crippen LogP contribution in [-0.2, 0) is 6.54 Å². The number of benzene rings is 1. The summed E-state index contributed by atoms with van der Waals surface area (Å²) in [6.07, 6.45) is -1.43. The predicted molar refractivity (Wildman–Crippen MR) is 61.8 cm³/mol. The summed E-state index contributed by atoms with van der Waals surface area (Å²) in [5, 5.41) is 3.04. The van der Waals surface area contributed by atoms with Crippen molar-refractivity contribution >= 4 is 5.69 Å². The lowest BCUT2D eigenvalue weighted by atomic mass is 10.3. The van der Waals surface area contributed by atoms with E-state index in [-0.39, 0.29) is 5.75 Å². The van der Waals surface area contributed by atoms with Gasteiger partial charge in [-0.25, -0.2) is 4.98 Å². The van der Waals surface area contributed by atoms with E-state index < -0.39 is 12.8 Å². The molecule has 0 aliphatic carbocycles. The average Bonchev–Trinajstić information content (AvgIpc) is 2.87. The van der Waals surface area contributed by atoms with Crippen molar-refractivity contribution in [2.75, 3.05) is 11.9 Å². The number of alkyl halides is 3. The highest BCUT2D eigenvalue weighted by molar-refractivity contribution is 5.46. The summed E-state index contributed by atoms with van der Waals surface area (Å²) in [4.78, 5) is 3.76. The van der Waals surface area contributed by atoms with Crippen LogP contribution in [0.5, 0.6) is 5.75 Å². The van der Waals surface area contributed by atoms with Crippen molar-refractivity contribution in [3.63, 3.8) is 0 Å². The number of nitrogens with zero attached hydrogens (tertiary/aromatic N) is 1. The molecule has 0 saturated heterocycles. The zero-order chi connectivity index (χ0) is 13.7. The molecule has 102 valence electrons. The summed E-state index contributed by atoms with van der Waals surface area (Å²) in [6, 6.07) is 6.19. The molecule has 4 nitrogen and oxygen atoms in total. The lowest BCUT2D eigenvalue weighted by Gasteiger charge is -2.10. The second kappa shape index (κ2) is 5.64. The molecule has 0 atom stereocenters. The fourth-order valence-corrected chi connectivity index (χ4v) is 1.35. The van der Waals surface area contributed by atoms with Crippen molar-refractivity contribution in [3.05, 3.63) is 42.6 Å². The second-order valence-corrected chi connectivity index (χ2v) is 3.75. The van der Waals surface area contributed by atoms with Crippen LogP contribution in [0.25, 0.3) is 0 Å². The first-order valence-corrected chi connectivity index (χ1v) is 5.44. The van der Waals surface area contributed by atoms with Gasteiger partial charge in [0.1, 0.15) is 11.5 Å². The van der Waals surface area contributed by atoms with Crippen LogP contribution < -0.4 is 10.1 Å². The van der Waals surface area contributed by atoms with Gasteiger partial charge >= 0.3 is 6.18 Å². The van der Waals surface area contributed by atoms with Gasteiger partial charge in [0.15, 0.2) is 13.0 Å². The zero-order valence-electron chi connectivity index (χ0n) is 9.78. The Morgan fingerprint density at radius 3 is 2.53 bits per heavy atom. The van der Waals surface area contributed by atoms with E-state index in [4.69, 9.17) is 4.42 Å². The van der Waals surface area contributed by atoms with Crippen LogP contribution in [0, 0.1) is 0 Å². The lowest BCUT2D eigenvalue weighted by molar-refractivity contribution is -0.153. The quantitative estimate of drug-likeness (QED) is 0.907. The Hall–Kier alpha value is -2.18. The van der Waals surface area contributed by atoms with E-state index in [0.717, 1.165) is 5.69 Å². The molecular weight excluding hydrogens is 261 g/mol. The molecule has 0 radical (unpaired) electrons. The van der Waals surface area contributed by atoms with Crippen molar-refractivity contribution in [1.82, 2.24) is 4.98 Å². The van der Waals surface area contributed by atoms with Gasteiger partial charge in [0.2, 0.25) is 0 Å². The van der Waals surface area contributed by atoms with E-state index in [9.17, 15) is 13.2 Å². The van der Waals surface area contributed by atoms with Crippen LogP contribution in [0.2, 0.25) is 0 Å². The van der Waals surface area contributed by atoms with Gasteiger partial charge in [-0.15, -0.1) is 0 Å². The average molecular weight is 272 g/mol. The number of aromatic nitrogens is 1. The second-order valence-electron chi connectivity index (χ2n) is 3.75. The fraction of sp³-hybridized carbons (Fsp3) is 0.250. The maximum atomic E-state index is 11.9. The number of rotatable bonds is 5. The molecule has 0 amide bonds. The van der Waals surface area contributed by atoms with Crippen molar-refractivity contribution < 1.29 is 22.3 Å². The molecule has 1 aromatic heterocycles. The Bertz CT molecular complexity index is 495. The highest BCUT2D eigenvalue weighted by atomic mass is 19.4. The molecule has 19 heavy (non-hydrogen) atoms. The topological polar surface area (TPSA) is 47.3 Å². The largest absolute Gasteiger partial charge is 0.484 e. The Morgan fingerprint density at radius 1 is 1.21 bits per heavy atom. The number of oxazole rings is 1. The highest BCUT2D eigenvalue weighted by Crippen LogP contribution is 2.20. The minimum Gasteiger partial charge on any atom is -0.484 e. The van der Waals surface area contributed by atoms with Crippen LogP contribution in [-0.4, -0.2) is 17.8 Å². The SMILES string of the molecule is FC(F)(F)COc1ccc(NCc2cnco2)cc1. The molecule has 1 heterocycles. The zero-order valence-corrected chi connectivity index (χ0v) is 9.78. The van der Waals surface area contributed by atoms with Crippen molar-refractivity contribution in [2.24, 2.45) is 0 Å². The Morgan fingerprint density at radius 2 is 1.95 bits per heavy atom. The summed E-state index contributed by atoms with van der Waals surface area (Å²) < 4.78 is 45.5. The summed E-state index contributed by atoms with van der Waals surface area (Å²) in [6.45, 7) is -0.847. The third-order valence-corrected chi connectivity index (χ3v) is 2.21. The van der Waals surface area contributed by atoms with Crippen LogP contribution in [0.1, 0.15) is 5.76 Å². The van der Waals surface area contributed by atoms with Gasteiger partial charge in [-0.1, -0.05) is 0 Å². The molecule has 0 bridgehead atoms. The minimum absolute atomic E-state index is 0.169. The maximum absolute atomic E-state index is 11.9. The molecule has 0 spiro atoms. The number of anilines is 1. The smallest absolute Gasteiger partial charge is 0.422 e. The number of halogens is 3. The van der Waals surface area contributed by atoms with Gasteiger partial charge in [0, 0.05) is 5.69 Å². The Labute approximate surface area is 107 Å². The Balaban J connectivity index is 1.84. The number of nitrogens with one attached hydrogen (secondary N) is 1. The molecule has 0 fully saturated rings. The van der Waals surface area contributed by atoms with Gasteiger partial charge in [-0.3, -0.25) is 0 Å². The molecule has 1 aromatic carbocycles. The van der Waals surface area contributed by atoms with Crippen LogP contribution in [0.15, 0.2) is 41.3 Å². The minimum atomic E-state index is -4.33. The third-order valence-electron chi connectivity index (χ3n) is 2.21. The van der Waals surface area contributed by atoms with Crippen molar-refractivity contribution in [1.29, 1.82) is 0 Å². The molecule has 7 heteroatoms. The van der Waals surface area contributed by atoms with E-state index in [1.165, 1.54) is 18.5 Å². The van der Waals surface area contributed by atoms with Gasteiger partial charge in [0.05, 0.1) is 12.7 Å². The predicted octanol–water partition coefficient (Wildman–Crippen LogP) is 3.23. The standard InChI is InChI=1S/C12H11F3N2O2/c13-12(14,15)7-18-10-3-1-9(2-4-10)17-6-11-5-16-8-19-11/h1-5,8,17H,6-7H2. The van der Waals surface area contributed by atoms with E-state index >= 15 is 0 Å². The maximum Gasteiger partial charge on any atom is 0.422 e. The molecule has 0 saturated carbocycles. The summed E-state index contributed by atoms with van der Waals surface area (Å²) in [5.74, 6) is 0.833. The fourth-order valence-electron chi connectivity index (χ4n) is 1.35. The first kappa shape index (κ1) is 13.3. The Kier molecular flexibility index (Phi) is 3.94. The van der Waals surface area contributed by atoms with Gasteiger partial charge in [-0.2, -0.15) is 13.2 Å². The molecule has 1 N–H and O–H groups in total. The number of hydrogen-bond acceptors (Lipinski definition) is 4.